The average molecular weight is 250 g/mol. The van der Waals surface area contributed by atoms with E-state index in [4.69, 9.17) is 0 Å². The molecule has 2 aliphatic rings. The molecule has 0 amide bonds. The summed E-state index contributed by atoms with van der Waals surface area (Å²) in [6.07, 6.45) is 3.40. The number of likely N-dealkylation sites (N-methyl/N-ethyl adjacent to an activating group) is 1. The fourth-order valence-electron chi connectivity index (χ4n) is 2.72. The van der Waals surface area contributed by atoms with Crippen LogP contribution in [0.3, 0.4) is 0 Å². The van der Waals surface area contributed by atoms with E-state index in [1.165, 1.54) is 12.8 Å². The molecule has 0 aromatic carbocycles. The average Bonchev–Trinajstić information content (AvgIpc) is 3.12. The van der Waals surface area contributed by atoms with Crippen molar-refractivity contribution < 1.29 is 0 Å². The summed E-state index contributed by atoms with van der Waals surface area (Å²) in [4.78, 5) is 4.90. The first-order valence-corrected chi connectivity index (χ1v) is 7.14. The number of hydrogen-bond acceptors (Lipinski definition) is 4. The Morgan fingerprint density at radius 2 is 2.11 bits per heavy atom. The van der Waals surface area contributed by atoms with Gasteiger partial charge in [0.2, 0.25) is 0 Å². The molecule has 1 aliphatic heterocycles. The third-order valence-electron chi connectivity index (χ3n) is 4.21. The fourth-order valence-corrected chi connectivity index (χ4v) is 2.72. The van der Waals surface area contributed by atoms with Crippen LogP contribution in [0, 0.1) is 11.3 Å². The minimum absolute atomic E-state index is 0.343. The lowest BCUT2D eigenvalue weighted by atomic mass is 9.98. The van der Waals surface area contributed by atoms with E-state index in [9.17, 15) is 5.26 Å². The summed E-state index contributed by atoms with van der Waals surface area (Å²) in [6, 6.07) is 3.67. The zero-order valence-electron chi connectivity index (χ0n) is 11.9. The Morgan fingerprint density at radius 3 is 2.67 bits per heavy atom. The summed E-state index contributed by atoms with van der Waals surface area (Å²) in [5.41, 5.74) is -0.343. The Kier molecular flexibility index (Phi) is 4.26. The predicted octanol–water partition coefficient (Wildman–Crippen LogP) is 1.05. The van der Waals surface area contributed by atoms with Gasteiger partial charge in [-0.05, 0) is 40.2 Å². The van der Waals surface area contributed by atoms with E-state index < -0.39 is 0 Å². The van der Waals surface area contributed by atoms with E-state index in [-0.39, 0.29) is 5.54 Å². The standard InChI is InChI=1S/C14H26N4/c1-12-10-17(3)8-9-18(12)7-6-14(2,11-15)16-13-4-5-13/h12-13,16H,4-10H2,1-3H3. The van der Waals surface area contributed by atoms with Crippen LogP contribution < -0.4 is 5.32 Å². The lowest BCUT2D eigenvalue weighted by Gasteiger charge is -2.39. The molecule has 1 saturated heterocycles. The second-order valence-corrected chi connectivity index (χ2v) is 6.26. The number of nitrogens with one attached hydrogen (secondary N) is 1. The van der Waals surface area contributed by atoms with Crippen molar-refractivity contribution in [2.24, 2.45) is 0 Å². The summed E-state index contributed by atoms with van der Waals surface area (Å²) in [5, 5.41) is 12.8. The number of nitriles is 1. The Labute approximate surface area is 111 Å². The Morgan fingerprint density at radius 1 is 1.39 bits per heavy atom. The van der Waals surface area contributed by atoms with E-state index in [1.807, 2.05) is 6.92 Å². The van der Waals surface area contributed by atoms with E-state index >= 15 is 0 Å². The number of rotatable bonds is 5. The molecule has 2 rings (SSSR count). The van der Waals surface area contributed by atoms with Crippen LogP contribution in [0.4, 0.5) is 0 Å². The van der Waals surface area contributed by atoms with Crippen molar-refractivity contribution in [3.05, 3.63) is 0 Å². The van der Waals surface area contributed by atoms with Crippen molar-refractivity contribution in [1.29, 1.82) is 5.26 Å². The minimum Gasteiger partial charge on any atom is -0.304 e. The van der Waals surface area contributed by atoms with Crippen molar-refractivity contribution in [2.75, 3.05) is 33.2 Å². The highest BCUT2D eigenvalue weighted by molar-refractivity contribution is 5.07. The van der Waals surface area contributed by atoms with Crippen LogP contribution in [0.15, 0.2) is 0 Å². The quantitative estimate of drug-likeness (QED) is 0.792. The zero-order chi connectivity index (χ0) is 13.2. The molecule has 1 aliphatic carbocycles. The van der Waals surface area contributed by atoms with Crippen molar-refractivity contribution in [3.8, 4) is 6.07 Å². The van der Waals surface area contributed by atoms with Gasteiger partial charge in [0.1, 0.15) is 5.54 Å². The third kappa shape index (κ3) is 3.68. The normalized spacial score (nSPS) is 29.8. The highest BCUT2D eigenvalue weighted by atomic mass is 15.3. The number of nitrogens with zero attached hydrogens (tertiary/aromatic N) is 3. The molecule has 18 heavy (non-hydrogen) atoms. The molecule has 0 radical (unpaired) electrons. The second-order valence-electron chi connectivity index (χ2n) is 6.26. The van der Waals surface area contributed by atoms with Gasteiger partial charge in [-0.2, -0.15) is 5.26 Å². The summed E-state index contributed by atoms with van der Waals surface area (Å²) in [6.45, 7) is 8.77. The Balaban J connectivity index is 1.80. The molecule has 2 fully saturated rings. The number of hydrogen-bond donors (Lipinski definition) is 1. The van der Waals surface area contributed by atoms with Crippen molar-refractivity contribution in [2.45, 2.75) is 50.7 Å². The molecule has 2 atom stereocenters. The summed E-state index contributed by atoms with van der Waals surface area (Å²) in [5.74, 6) is 0. The molecule has 1 saturated carbocycles. The van der Waals surface area contributed by atoms with Gasteiger partial charge in [-0.25, -0.2) is 0 Å². The van der Waals surface area contributed by atoms with Crippen LogP contribution in [0.1, 0.15) is 33.1 Å². The molecule has 0 aromatic rings. The van der Waals surface area contributed by atoms with Gasteiger partial charge in [-0.1, -0.05) is 0 Å². The molecule has 4 heteroatoms. The molecular weight excluding hydrogens is 224 g/mol. The molecular formula is C14H26N4. The fraction of sp³-hybridized carbons (Fsp3) is 0.929. The lowest BCUT2D eigenvalue weighted by Crippen LogP contribution is -2.52. The maximum absolute atomic E-state index is 9.36. The highest BCUT2D eigenvalue weighted by Gasteiger charge is 2.33. The summed E-state index contributed by atoms with van der Waals surface area (Å²) < 4.78 is 0. The van der Waals surface area contributed by atoms with Gasteiger partial charge in [0.05, 0.1) is 6.07 Å². The third-order valence-corrected chi connectivity index (χ3v) is 4.21. The Bertz CT molecular complexity index is 320. The topological polar surface area (TPSA) is 42.3 Å². The van der Waals surface area contributed by atoms with Gasteiger partial charge in [0.15, 0.2) is 0 Å². The van der Waals surface area contributed by atoms with Crippen LogP contribution in [0.2, 0.25) is 0 Å². The van der Waals surface area contributed by atoms with Gasteiger partial charge in [0.25, 0.3) is 0 Å². The van der Waals surface area contributed by atoms with E-state index in [0.717, 1.165) is 32.6 Å². The van der Waals surface area contributed by atoms with Gasteiger partial charge in [0, 0.05) is 38.3 Å². The van der Waals surface area contributed by atoms with Crippen molar-refractivity contribution >= 4 is 0 Å². The first-order chi connectivity index (χ1) is 8.52. The molecule has 2 unspecified atom stereocenters. The van der Waals surface area contributed by atoms with Gasteiger partial charge in [-0.3, -0.25) is 10.2 Å². The van der Waals surface area contributed by atoms with Gasteiger partial charge in [-0.15, -0.1) is 0 Å². The molecule has 0 bridgehead atoms. The highest BCUT2D eigenvalue weighted by Crippen LogP contribution is 2.24. The van der Waals surface area contributed by atoms with Crippen LogP contribution in [0.5, 0.6) is 0 Å². The van der Waals surface area contributed by atoms with Crippen LogP contribution in [-0.2, 0) is 0 Å². The smallest absolute Gasteiger partial charge is 0.105 e. The van der Waals surface area contributed by atoms with Crippen LogP contribution in [-0.4, -0.2) is 60.6 Å². The van der Waals surface area contributed by atoms with E-state index in [1.54, 1.807) is 0 Å². The minimum atomic E-state index is -0.343. The van der Waals surface area contributed by atoms with Crippen LogP contribution >= 0.6 is 0 Å². The van der Waals surface area contributed by atoms with E-state index in [2.05, 4.69) is 35.2 Å². The molecule has 1 N–H and O–H groups in total. The number of piperazine rings is 1. The molecule has 0 spiro atoms. The second kappa shape index (κ2) is 5.56. The lowest BCUT2D eigenvalue weighted by molar-refractivity contribution is 0.0936. The maximum Gasteiger partial charge on any atom is 0.105 e. The largest absolute Gasteiger partial charge is 0.304 e. The van der Waals surface area contributed by atoms with Crippen molar-refractivity contribution in [3.63, 3.8) is 0 Å². The first kappa shape index (κ1) is 13.8. The Hall–Kier alpha value is -0.630. The zero-order valence-corrected chi connectivity index (χ0v) is 11.9. The molecule has 4 nitrogen and oxygen atoms in total. The molecule has 102 valence electrons. The molecule has 1 heterocycles. The first-order valence-electron chi connectivity index (χ1n) is 7.14. The van der Waals surface area contributed by atoms with Gasteiger partial charge >= 0.3 is 0 Å². The van der Waals surface area contributed by atoms with Gasteiger partial charge < -0.3 is 4.90 Å². The predicted molar refractivity (Wildman–Crippen MR) is 73.3 cm³/mol. The van der Waals surface area contributed by atoms with E-state index in [0.29, 0.717) is 12.1 Å². The molecule has 0 aromatic heterocycles. The summed E-state index contributed by atoms with van der Waals surface area (Å²) in [7, 11) is 2.18. The maximum atomic E-state index is 9.36. The van der Waals surface area contributed by atoms with Crippen molar-refractivity contribution in [1.82, 2.24) is 15.1 Å². The summed E-state index contributed by atoms with van der Waals surface area (Å²) >= 11 is 0. The van der Waals surface area contributed by atoms with Crippen LogP contribution in [0.25, 0.3) is 0 Å². The monoisotopic (exact) mass is 250 g/mol. The SMILES string of the molecule is CC1CN(C)CCN1CCC(C)(C#N)NC1CC1.